The fourth-order valence-corrected chi connectivity index (χ4v) is 3.43. The molecular weight excluding hydrogens is 364 g/mol. The van der Waals surface area contributed by atoms with Crippen LogP contribution in [0.3, 0.4) is 0 Å². The van der Waals surface area contributed by atoms with Gasteiger partial charge in [-0.25, -0.2) is 8.42 Å². The smallest absolute Gasteiger partial charge is 0.263 e. The fourth-order valence-electron chi connectivity index (χ4n) is 1.61. The molecule has 3 N–H and O–H groups in total. The number of benzene rings is 2. The average molecular weight is 376 g/mol. The highest BCUT2D eigenvalue weighted by Gasteiger charge is 2.18. The molecule has 0 aliphatic carbocycles. The van der Waals surface area contributed by atoms with E-state index in [1.54, 1.807) is 18.2 Å². The molecule has 0 saturated carbocycles. The zero-order valence-electron chi connectivity index (χ0n) is 10.5. The minimum absolute atomic E-state index is 0.0401. The molecule has 0 heterocycles. The summed E-state index contributed by atoms with van der Waals surface area (Å²) in [5.74, 6) is 0. The Morgan fingerprint density at radius 2 is 1.90 bits per heavy atom. The van der Waals surface area contributed by atoms with Crippen LogP contribution >= 0.6 is 27.5 Å². The molecule has 106 valence electrons. The standard InChI is InChI=1S/C13H12BrClN2O2S/c1-8-2-4-10(7-11(8)14)17-20(18,19)13-6-9(15)3-5-12(13)16/h2-7,17H,16H2,1H3. The molecule has 2 rings (SSSR count). The lowest BCUT2D eigenvalue weighted by molar-refractivity contribution is 0.601. The zero-order valence-corrected chi connectivity index (χ0v) is 13.7. The molecule has 0 aliphatic heterocycles. The van der Waals surface area contributed by atoms with Gasteiger partial charge < -0.3 is 5.73 Å². The van der Waals surface area contributed by atoms with Gasteiger partial charge in [0, 0.05) is 15.2 Å². The van der Waals surface area contributed by atoms with Gasteiger partial charge in [-0.15, -0.1) is 0 Å². The van der Waals surface area contributed by atoms with Crippen LogP contribution in [0.4, 0.5) is 11.4 Å². The fraction of sp³-hybridized carbons (Fsp3) is 0.0769. The first-order chi connectivity index (χ1) is 9.29. The molecule has 0 amide bonds. The molecule has 0 spiro atoms. The Bertz CT molecular complexity index is 763. The first kappa shape index (κ1) is 15.2. The maximum atomic E-state index is 12.3. The van der Waals surface area contributed by atoms with E-state index in [4.69, 9.17) is 17.3 Å². The monoisotopic (exact) mass is 374 g/mol. The van der Waals surface area contributed by atoms with Crippen LogP contribution in [0.1, 0.15) is 5.56 Å². The van der Waals surface area contributed by atoms with Crippen molar-refractivity contribution in [3.05, 3.63) is 51.5 Å². The molecular formula is C13H12BrClN2O2S. The summed E-state index contributed by atoms with van der Waals surface area (Å²) in [6.07, 6.45) is 0. The van der Waals surface area contributed by atoms with Gasteiger partial charge in [0.05, 0.1) is 5.69 Å². The third kappa shape index (κ3) is 3.26. The van der Waals surface area contributed by atoms with Crippen LogP contribution in [0.2, 0.25) is 5.02 Å². The topological polar surface area (TPSA) is 72.2 Å². The van der Waals surface area contributed by atoms with Crippen molar-refractivity contribution in [3.63, 3.8) is 0 Å². The third-order valence-corrected chi connectivity index (χ3v) is 5.22. The quantitative estimate of drug-likeness (QED) is 0.802. The van der Waals surface area contributed by atoms with Crippen molar-refractivity contribution in [2.75, 3.05) is 10.5 Å². The Morgan fingerprint density at radius 3 is 2.55 bits per heavy atom. The van der Waals surface area contributed by atoms with Crippen molar-refractivity contribution in [2.24, 2.45) is 0 Å². The van der Waals surface area contributed by atoms with Crippen molar-refractivity contribution in [2.45, 2.75) is 11.8 Å². The number of nitrogen functional groups attached to an aromatic ring is 1. The van der Waals surface area contributed by atoms with E-state index in [1.807, 2.05) is 13.0 Å². The molecule has 0 aromatic heterocycles. The molecule has 2 aromatic carbocycles. The second kappa shape index (κ2) is 5.63. The van der Waals surface area contributed by atoms with E-state index < -0.39 is 10.0 Å². The van der Waals surface area contributed by atoms with Crippen LogP contribution in [0.25, 0.3) is 0 Å². The highest BCUT2D eigenvalue weighted by Crippen LogP contribution is 2.26. The van der Waals surface area contributed by atoms with E-state index in [0.29, 0.717) is 10.7 Å². The SMILES string of the molecule is Cc1ccc(NS(=O)(=O)c2cc(Cl)ccc2N)cc1Br. The van der Waals surface area contributed by atoms with Crippen molar-refractivity contribution < 1.29 is 8.42 Å². The molecule has 0 bridgehead atoms. The Hall–Kier alpha value is -1.24. The molecule has 4 nitrogen and oxygen atoms in total. The van der Waals surface area contributed by atoms with Crippen molar-refractivity contribution in [1.29, 1.82) is 0 Å². The first-order valence-corrected chi connectivity index (χ1v) is 8.29. The second-order valence-electron chi connectivity index (χ2n) is 4.25. The van der Waals surface area contributed by atoms with Crippen LogP contribution in [0, 0.1) is 6.92 Å². The maximum absolute atomic E-state index is 12.3. The van der Waals surface area contributed by atoms with Gasteiger partial charge in [0.25, 0.3) is 10.0 Å². The van der Waals surface area contributed by atoms with Crippen LogP contribution in [0.5, 0.6) is 0 Å². The van der Waals surface area contributed by atoms with E-state index in [0.717, 1.165) is 10.0 Å². The Kier molecular flexibility index (Phi) is 4.27. The maximum Gasteiger partial charge on any atom is 0.263 e. The predicted octanol–water partition coefficient (Wildman–Crippen LogP) is 3.79. The van der Waals surface area contributed by atoms with E-state index in [-0.39, 0.29) is 10.6 Å². The van der Waals surface area contributed by atoms with Gasteiger partial charge in [-0.1, -0.05) is 33.6 Å². The molecule has 7 heteroatoms. The number of sulfonamides is 1. The third-order valence-electron chi connectivity index (χ3n) is 2.69. The summed E-state index contributed by atoms with van der Waals surface area (Å²) in [7, 11) is -3.78. The highest BCUT2D eigenvalue weighted by molar-refractivity contribution is 9.10. The largest absolute Gasteiger partial charge is 0.398 e. The number of halogens is 2. The summed E-state index contributed by atoms with van der Waals surface area (Å²) in [5, 5.41) is 0.310. The van der Waals surface area contributed by atoms with Gasteiger partial charge in [-0.05, 0) is 42.8 Å². The zero-order chi connectivity index (χ0) is 14.9. The number of anilines is 2. The van der Waals surface area contributed by atoms with Gasteiger partial charge in [-0.3, -0.25) is 4.72 Å². The molecule has 2 aromatic rings. The summed E-state index contributed by atoms with van der Waals surface area (Å²) in [4.78, 5) is -0.0401. The number of nitrogens with two attached hydrogens (primary N) is 1. The summed E-state index contributed by atoms with van der Waals surface area (Å²) >= 11 is 9.17. The van der Waals surface area contributed by atoms with Gasteiger partial charge >= 0.3 is 0 Å². The van der Waals surface area contributed by atoms with Gasteiger partial charge in [0.15, 0.2) is 0 Å². The number of aryl methyl sites for hydroxylation is 1. The lowest BCUT2D eigenvalue weighted by atomic mass is 10.2. The second-order valence-corrected chi connectivity index (χ2v) is 7.19. The summed E-state index contributed by atoms with van der Waals surface area (Å²) in [6, 6.07) is 9.50. The summed E-state index contributed by atoms with van der Waals surface area (Å²) in [5.41, 5.74) is 7.30. The molecule has 0 unspecified atom stereocenters. The normalized spacial score (nSPS) is 11.3. The van der Waals surface area contributed by atoms with Crippen LogP contribution in [-0.4, -0.2) is 8.42 Å². The molecule has 0 atom stereocenters. The van der Waals surface area contributed by atoms with Crippen molar-refractivity contribution in [1.82, 2.24) is 0 Å². The van der Waals surface area contributed by atoms with Crippen LogP contribution in [0.15, 0.2) is 45.8 Å². The minimum atomic E-state index is -3.78. The molecule has 0 fully saturated rings. The number of nitrogens with one attached hydrogen (secondary N) is 1. The Balaban J connectivity index is 2.40. The Morgan fingerprint density at radius 1 is 1.20 bits per heavy atom. The molecule has 0 aliphatic rings. The Labute approximate surface area is 131 Å². The highest BCUT2D eigenvalue weighted by atomic mass is 79.9. The lowest BCUT2D eigenvalue weighted by Gasteiger charge is -2.11. The van der Waals surface area contributed by atoms with Crippen LogP contribution < -0.4 is 10.5 Å². The molecule has 0 radical (unpaired) electrons. The average Bonchev–Trinajstić information content (AvgIpc) is 2.36. The first-order valence-electron chi connectivity index (χ1n) is 5.63. The molecule has 20 heavy (non-hydrogen) atoms. The van der Waals surface area contributed by atoms with Gasteiger partial charge in [0.1, 0.15) is 4.90 Å². The van der Waals surface area contributed by atoms with E-state index in [2.05, 4.69) is 20.7 Å². The van der Waals surface area contributed by atoms with Crippen molar-refractivity contribution in [3.8, 4) is 0 Å². The lowest BCUT2D eigenvalue weighted by Crippen LogP contribution is -2.14. The van der Waals surface area contributed by atoms with E-state index >= 15 is 0 Å². The van der Waals surface area contributed by atoms with E-state index in [9.17, 15) is 8.42 Å². The summed E-state index contributed by atoms with van der Waals surface area (Å²) < 4.78 is 27.9. The van der Waals surface area contributed by atoms with Gasteiger partial charge in [0.2, 0.25) is 0 Å². The predicted molar refractivity (Wildman–Crippen MR) is 85.6 cm³/mol. The number of hydrogen-bond donors (Lipinski definition) is 2. The van der Waals surface area contributed by atoms with Gasteiger partial charge in [-0.2, -0.15) is 0 Å². The number of rotatable bonds is 3. The van der Waals surface area contributed by atoms with Crippen molar-refractivity contribution >= 4 is 48.9 Å². The number of hydrogen-bond acceptors (Lipinski definition) is 3. The molecule has 0 saturated heterocycles. The van der Waals surface area contributed by atoms with Crippen LogP contribution in [-0.2, 0) is 10.0 Å². The van der Waals surface area contributed by atoms with E-state index in [1.165, 1.54) is 12.1 Å². The minimum Gasteiger partial charge on any atom is -0.398 e. The summed E-state index contributed by atoms with van der Waals surface area (Å²) in [6.45, 7) is 1.91.